The maximum Gasteiger partial charge on any atom is 0.509 e. The topological polar surface area (TPSA) is 220 Å². The number of hydrogen-bond donors (Lipinski definition) is 4. The summed E-state index contributed by atoms with van der Waals surface area (Å²) >= 11 is 0. The van der Waals surface area contributed by atoms with Crippen molar-refractivity contribution in [3.05, 3.63) is 47.6 Å². The molecule has 0 aromatic heterocycles. The lowest BCUT2D eigenvalue weighted by Gasteiger charge is -2.62. The van der Waals surface area contributed by atoms with E-state index in [4.69, 9.17) is 18.9 Å². The second-order valence-electron chi connectivity index (χ2n) is 30.2. The van der Waals surface area contributed by atoms with Crippen LogP contribution in [0.2, 0.25) is 0 Å². The van der Waals surface area contributed by atoms with Gasteiger partial charge in [0.1, 0.15) is 24.6 Å². The number of ether oxygens (including phenoxy) is 4. The number of aliphatic carboxylic acids is 2. The molecule has 12 rings (SSSR count). The Balaban J connectivity index is 0.000000172. The zero-order valence-corrected chi connectivity index (χ0v) is 49.4. The van der Waals surface area contributed by atoms with Gasteiger partial charge < -0.3 is 39.4 Å². The number of carbonyl (C=O) groups excluding carboxylic acids is 4. The third-order valence-corrected chi connectivity index (χ3v) is 27.4. The fraction of sp³-hybridized carbons (Fsp3) is 0.781. The minimum atomic E-state index is -2.35. The molecule has 10 fully saturated rings. The van der Waals surface area contributed by atoms with Crippen LogP contribution in [-0.2, 0) is 38.1 Å². The summed E-state index contributed by atoms with van der Waals surface area (Å²) in [7, 11) is 0. The summed E-state index contributed by atoms with van der Waals surface area (Å²) in [6.45, 7) is 22.5. The van der Waals surface area contributed by atoms with Crippen LogP contribution in [0.15, 0.2) is 47.6 Å². The van der Waals surface area contributed by atoms with Crippen molar-refractivity contribution in [1.29, 1.82) is 0 Å². The van der Waals surface area contributed by atoms with Crippen molar-refractivity contribution in [3.63, 3.8) is 0 Å². The van der Waals surface area contributed by atoms with Crippen LogP contribution >= 0.6 is 0 Å². The zero-order valence-electron chi connectivity index (χ0n) is 49.4. The summed E-state index contributed by atoms with van der Waals surface area (Å²) in [4.78, 5) is 77.4. The van der Waals surface area contributed by atoms with Crippen LogP contribution in [0, 0.1) is 90.7 Å². The van der Waals surface area contributed by atoms with Crippen LogP contribution in [0.5, 0.6) is 0 Å². The van der Waals surface area contributed by atoms with E-state index < -0.39 is 152 Å². The van der Waals surface area contributed by atoms with Gasteiger partial charge in [0.15, 0.2) is 22.9 Å². The van der Waals surface area contributed by atoms with Crippen molar-refractivity contribution in [2.24, 2.45) is 90.7 Å². The summed E-state index contributed by atoms with van der Waals surface area (Å²) in [6, 6.07) is 0. The van der Waals surface area contributed by atoms with Crippen molar-refractivity contribution in [1.82, 2.24) is 0 Å². The number of carboxylic acids is 2. The molecular formula is C64H84F4O14. The molecule has 4 N–H and O–H groups in total. The van der Waals surface area contributed by atoms with Crippen LogP contribution in [0.1, 0.15) is 160 Å². The molecule has 82 heavy (non-hydrogen) atoms. The van der Waals surface area contributed by atoms with E-state index in [2.05, 4.69) is 41.5 Å². The maximum atomic E-state index is 17.5. The van der Waals surface area contributed by atoms with Crippen molar-refractivity contribution < 1.29 is 85.7 Å². The van der Waals surface area contributed by atoms with E-state index in [1.54, 1.807) is 27.7 Å². The van der Waals surface area contributed by atoms with Crippen molar-refractivity contribution >= 4 is 35.8 Å². The molecule has 18 heteroatoms. The van der Waals surface area contributed by atoms with Crippen LogP contribution in [0.3, 0.4) is 0 Å². The lowest BCUT2D eigenvalue weighted by Crippen LogP contribution is -2.71. The van der Waals surface area contributed by atoms with E-state index in [1.165, 1.54) is 38.2 Å². The van der Waals surface area contributed by atoms with Crippen molar-refractivity contribution in [3.8, 4) is 0 Å². The SMILES string of the molecule is C[C@@H]1C[C@H]2[C@@H]3C[C@H](F)C4=CC(=O)C=C[C@]4(C)[C@@]3(F)[C@@H](O)C[C@]2(C)[C@@]1(OC(=O)O[C@@H]1C[C@H]2CC[C@]1(C)C2(C)C)C(=O)O.C[C@@H]1C[C@H]2[C@@H]3C[C@H](F)C4=CC(=O)C=C[C@]4(C)[C@@]3(F)[C@@H](O)C[C@]2(C)[C@@]1(OC(=O)O[C@H]1C[C@@H]2CC[C@@]1(C)C2(C)C)C(=O)O. The van der Waals surface area contributed by atoms with E-state index >= 15 is 17.6 Å². The smallest absolute Gasteiger partial charge is 0.478 e. The minimum Gasteiger partial charge on any atom is -0.478 e. The minimum absolute atomic E-state index is 0.00375. The number of fused-ring (bicyclic) bond motifs is 14. The molecule has 0 radical (unpaired) electrons. The van der Waals surface area contributed by atoms with Gasteiger partial charge in [0, 0.05) is 56.2 Å². The van der Waals surface area contributed by atoms with E-state index in [0.29, 0.717) is 24.7 Å². The number of carbonyl (C=O) groups is 6. The van der Waals surface area contributed by atoms with Crippen LogP contribution in [-0.4, -0.2) is 116 Å². The van der Waals surface area contributed by atoms with Crippen LogP contribution < -0.4 is 0 Å². The third-order valence-electron chi connectivity index (χ3n) is 27.4. The molecule has 0 aliphatic heterocycles. The maximum absolute atomic E-state index is 17.5. The fourth-order valence-electron chi connectivity index (χ4n) is 21.6. The molecule has 0 aromatic carbocycles. The largest absolute Gasteiger partial charge is 0.509 e. The van der Waals surface area contributed by atoms with Gasteiger partial charge in [0.25, 0.3) is 0 Å². The van der Waals surface area contributed by atoms with Gasteiger partial charge >= 0.3 is 24.2 Å². The van der Waals surface area contributed by atoms with Crippen molar-refractivity contribution in [2.75, 3.05) is 0 Å². The lowest BCUT2D eigenvalue weighted by atomic mass is 9.44. The second-order valence-corrected chi connectivity index (χ2v) is 30.2. The monoisotopic (exact) mass is 1150 g/mol. The van der Waals surface area contributed by atoms with Gasteiger partial charge in [-0.15, -0.1) is 0 Å². The Hall–Kier alpha value is -4.58. The Morgan fingerprint density at radius 1 is 0.524 bits per heavy atom. The molecule has 0 aromatic rings. The molecule has 12 aliphatic carbocycles. The fourth-order valence-corrected chi connectivity index (χ4v) is 21.6. The van der Waals surface area contributed by atoms with Crippen LogP contribution in [0.25, 0.3) is 0 Å². The average molecular weight is 1150 g/mol. The molecule has 0 heterocycles. The quantitative estimate of drug-likeness (QED) is 0.144. The van der Waals surface area contributed by atoms with Crippen molar-refractivity contribution in [2.45, 2.75) is 219 Å². The van der Waals surface area contributed by atoms with Gasteiger partial charge in [-0.05, 0) is 161 Å². The van der Waals surface area contributed by atoms with E-state index in [0.717, 1.165) is 37.8 Å². The number of allylic oxidation sites excluding steroid dienone is 8. The number of carboxylic acid groups (broad SMARTS) is 2. The summed E-state index contributed by atoms with van der Waals surface area (Å²) in [6.07, 6.45) is 2.08. The summed E-state index contributed by atoms with van der Waals surface area (Å²) < 4.78 is 89.9. The summed E-state index contributed by atoms with van der Waals surface area (Å²) in [5.74, 6) is -7.92. The number of halogens is 4. The average Bonchev–Trinajstić information content (AvgIpc) is 1.54. The Labute approximate surface area is 477 Å². The predicted molar refractivity (Wildman–Crippen MR) is 288 cm³/mol. The van der Waals surface area contributed by atoms with E-state index in [1.807, 2.05) is 0 Å². The molecule has 10 saturated carbocycles. The van der Waals surface area contributed by atoms with E-state index in [9.17, 15) is 49.2 Å². The highest BCUT2D eigenvalue weighted by Crippen LogP contribution is 2.75. The number of ketones is 2. The molecule has 452 valence electrons. The van der Waals surface area contributed by atoms with Gasteiger partial charge in [-0.1, -0.05) is 81.4 Å². The Bertz CT molecular complexity index is 2740. The number of aliphatic hydroxyl groups is 2. The molecule has 24 atom stereocenters. The molecule has 0 unspecified atom stereocenters. The highest BCUT2D eigenvalue weighted by atomic mass is 19.2. The molecule has 12 aliphatic rings. The normalized spacial score (nSPS) is 52.8. The lowest BCUT2D eigenvalue weighted by molar-refractivity contribution is -0.233. The van der Waals surface area contributed by atoms with Gasteiger partial charge in [0.05, 0.1) is 12.2 Å². The number of rotatable bonds is 6. The number of alkyl halides is 4. The Morgan fingerprint density at radius 2 is 0.866 bits per heavy atom. The number of aliphatic hydroxyl groups excluding tert-OH is 2. The van der Waals surface area contributed by atoms with Crippen LogP contribution in [0.4, 0.5) is 27.2 Å². The Kier molecular flexibility index (Phi) is 13.0. The van der Waals surface area contributed by atoms with Gasteiger partial charge in [-0.25, -0.2) is 36.7 Å². The molecule has 4 bridgehead atoms. The van der Waals surface area contributed by atoms with Gasteiger partial charge in [-0.2, -0.15) is 0 Å². The third kappa shape index (κ3) is 6.93. The highest BCUT2D eigenvalue weighted by Gasteiger charge is 2.81. The summed E-state index contributed by atoms with van der Waals surface area (Å²) in [5, 5.41) is 44.5. The first kappa shape index (κ1) is 59.2. The first-order valence-corrected chi connectivity index (χ1v) is 30.0. The molecule has 0 spiro atoms. The first-order chi connectivity index (χ1) is 37.8. The zero-order chi connectivity index (χ0) is 60.3. The highest BCUT2D eigenvalue weighted by molar-refractivity contribution is 6.02. The van der Waals surface area contributed by atoms with E-state index in [-0.39, 0.29) is 71.3 Å². The van der Waals surface area contributed by atoms with Gasteiger partial charge in [0.2, 0.25) is 11.2 Å². The summed E-state index contributed by atoms with van der Waals surface area (Å²) in [5.41, 5.74) is -15.5. The predicted octanol–water partition coefficient (Wildman–Crippen LogP) is 11.5. The molecule has 14 nitrogen and oxygen atoms in total. The number of hydrogen-bond acceptors (Lipinski definition) is 12. The standard InChI is InChI=1S/2C32H42F2O7/c2*1-16-11-19-20-14-22(33)21-13-18(35)8-10-28(21,4)31(20,34)23(36)15-30(19,6)32(16,25(37)38)41-26(39)40-24-12-17-7-9-29(24,5)27(17,2)3/h2*8,10,13,16-17,19-20,22-24,36H,7,9,11-12,14-15H2,1-6H3,(H,37,38)/t16-,17+,19+,20+,22+,23+,24+,28+,29-,30+,31+,32+;16-,17-,19+,20+,22+,23+,24-,28+,29+,30+,31+,32+/m11/s1. The Morgan fingerprint density at radius 3 is 1.16 bits per heavy atom. The molecule has 0 saturated heterocycles. The molecular weight excluding hydrogens is 1070 g/mol. The second kappa shape index (κ2) is 18.0. The molecule has 0 amide bonds. The first-order valence-electron chi connectivity index (χ1n) is 30.0. The van der Waals surface area contributed by atoms with Gasteiger partial charge in [-0.3, -0.25) is 9.59 Å².